The van der Waals surface area contributed by atoms with Crippen molar-refractivity contribution in [3.05, 3.63) is 11.6 Å². The molecule has 0 heterocycles. The predicted octanol–water partition coefficient (Wildman–Crippen LogP) is 1.46. The van der Waals surface area contributed by atoms with Gasteiger partial charge in [0, 0.05) is 13.5 Å². The molecule has 0 radical (unpaired) electrons. The molecule has 0 saturated carbocycles. The number of halogens is 1. The minimum atomic E-state index is -1.18. The quantitative estimate of drug-likeness (QED) is 0.224. The standard InChI is InChI=1S/C9H15FN2O/c1-3-8(6-13)4-5-9(10)12-7-11-2/h4,6-7,9H,3,5H2,1-2H3,(H,11,12)/b8-4+. The normalized spacial score (nSPS) is 14.5. The first-order chi connectivity index (χ1) is 6.24. The van der Waals surface area contributed by atoms with Gasteiger partial charge in [0.2, 0.25) is 0 Å². The second-order valence-electron chi connectivity index (χ2n) is 2.51. The van der Waals surface area contributed by atoms with Crippen molar-refractivity contribution in [2.75, 3.05) is 7.05 Å². The van der Waals surface area contributed by atoms with Gasteiger partial charge >= 0.3 is 0 Å². The summed E-state index contributed by atoms with van der Waals surface area (Å²) >= 11 is 0. The molecule has 0 aromatic carbocycles. The fourth-order valence-electron chi connectivity index (χ4n) is 0.754. The summed E-state index contributed by atoms with van der Waals surface area (Å²) in [5.41, 5.74) is 0.623. The van der Waals surface area contributed by atoms with E-state index in [4.69, 9.17) is 0 Å². The van der Waals surface area contributed by atoms with Crippen molar-refractivity contribution in [3.63, 3.8) is 0 Å². The van der Waals surface area contributed by atoms with Crippen molar-refractivity contribution in [2.24, 2.45) is 4.99 Å². The minimum Gasteiger partial charge on any atom is -0.347 e. The molecule has 1 unspecified atom stereocenters. The van der Waals surface area contributed by atoms with E-state index in [0.29, 0.717) is 12.0 Å². The highest BCUT2D eigenvalue weighted by Crippen LogP contribution is 2.01. The summed E-state index contributed by atoms with van der Waals surface area (Å²) in [5.74, 6) is 0. The van der Waals surface area contributed by atoms with Gasteiger partial charge in [0.1, 0.15) is 6.29 Å². The smallest absolute Gasteiger partial charge is 0.174 e. The highest BCUT2D eigenvalue weighted by molar-refractivity contribution is 5.72. The summed E-state index contributed by atoms with van der Waals surface area (Å²) in [7, 11) is 1.55. The maximum atomic E-state index is 12.9. The third kappa shape index (κ3) is 6.02. The molecule has 13 heavy (non-hydrogen) atoms. The lowest BCUT2D eigenvalue weighted by atomic mass is 10.2. The summed E-state index contributed by atoms with van der Waals surface area (Å²) in [6.45, 7) is 1.86. The lowest BCUT2D eigenvalue weighted by molar-refractivity contribution is -0.105. The molecule has 0 bridgehead atoms. The summed E-state index contributed by atoms with van der Waals surface area (Å²) in [4.78, 5) is 13.9. The van der Waals surface area contributed by atoms with E-state index in [2.05, 4.69) is 10.3 Å². The van der Waals surface area contributed by atoms with Gasteiger partial charge in [-0.1, -0.05) is 13.0 Å². The summed E-state index contributed by atoms with van der Waals surface area (Å²) in [6.07, 6.45) is 3.29. The fraction of sp³-hybridized carbons (Fsp3) is 0.556. The Morgan fingerprint density at radius 3 is 2.85 bits per heavy atom. The van der Waals surface area contributed by atoms with Crippen LogP contribution in [0.5, 0.6) is 0 Å². The third-order valence-corrected chi connectivity index (χ3v) is 1.53. The molecule has 1 atom stereocenters. The molecule has 0 spiro atoms. The lowest BCUT2D eigenvalue weighted by Crippen LogP contribution is -2.22. The average Bonchev–Trinajstić information content (AvgIpc) is 2.16. The van der Waals surface area contributed by atoms with E-state index in [-0.39, 0.29) is 6.42 Å². The molecule has 0 aliphatic heterocycles. The van der Waals surface area contributed by atoms with Gasteiger partial charge in [-0.3, -0.25) is 9.79 Å². The van der Waals surface area contributed by atoms with Gasteiger partial charge in [0.15, 0.2) is 6.30 Å². The van der Waals surface area contributed by atoms with Gasteiger partial charge in [0.05, 0.1) is 6.34 Å². The molecule has 0 amide bonds. The third-order valence-electron chi connectivity index (χ3n) is 1.53. The molecule has 0 rings (SSSR count). The van der Waals surface area contributed by atoms with E-state index in [1.807, 2.05) is 6.92 Å². The molecule has 1 N–H and O–H groups in total. The number of hydrogen-bond acceptors (Lipinski definition) is 2. The van der Waals surface area contributed by atoms with E-state index < -0.39 is 6.30 Å². The zero-order valence-corrected chi connectivity index (χ0v) is 7.96. The van der Waals surface area contributed by atoms with Crippen LogP contribution in [0.2, 0.25) is 0 Å². The Hall–Kier alpha value is -1.19. The van der Waals surface area contributed by atoms with Crippen molar-refractivity contribution >= 4 is 12.6 Å². The molecule has 0 aliphatic rings. The number of aldehydes is 1. The number of allylic oxidation sites excluding steroid dienone is 1. The first-order valence-electron chi connectivity index (χ1n) is 4.19. The molecule has 4 heteroatoms. The van der Waals surface area contributed by atoms with Crippen LogP contribution >= 0.6 is 0 Å². The van der Waals surface area contributed by atoms with Crippen LogP contribution in [0.4, 0.5) is 4.39 Å². The van der Waals surface area contributed by atoms with Crippen molar-refractivity contribution in [2.45, 2.75) is 26.1 Å². The van der Waals surface area contributed by atoms with Gasteiger partial charge < -0.3 is 5.32 Å². The number of nitrogens with one attached hydrogen (secondary N) is 1. The predicted molar refractivity (Wildman–Crippen MR) is 51.5 cm³/mol. The number of aliphatic imine (C=N–C) groups is 1. The molecule has 0 aromatic heterocycles. The van der Waals surface area contributed by atoms with E-state index in [1.165, 1.54) is 6.34 Å². The maximum Gasteiger partial charge on any atom is 0.174 e. The summed E-state index contributed by atoms with van der Waals surface area (Å²) in [5, 5.41) is 2.42. The number of carbonyl (C=O) groups is 1. The van der Waals surface area contributed by atoms with Crippen LogP contribution in [-0.2, 0) is 4.79 Å². The number of alkyl halides is 1. The second kappa shape index (κ2) is 7.46. The fourth-order valence-corrected chi connectivity index (χ4v) is 0.754. The molecule has 0 aromatic rings. The van der Waals surface area contributed by atoms with Gasteiger partial charge in [-0.2, -0.15) is 0 Å². The molecule has 74 valence electrons. The Balaban J connectivity index is 3.84. The Kier molecular flexibility index (Phi) is 6.78. The van der Waals surface area contributed by atoms with Gasteiger partial charge in [-0.05, 0) is 12.0 Å². The van der Waals surface area contributed by atoms with Crippen LogP contribution < -0.4 is 5.32 Å². The lowest BCUT2D eigenvalue weighted by Gasteiger charge is -2.04. The maximum absolute atomic E-state index is 12.9. The SMILES string of the molecule is CC/C(C=O)=C\CC(F)NC=NC. The molecular weight excluding hydrogens is 171 g/mol. The second-order valence-corrected chi connectivity index (χ2v) is 2.51. The zero-order chi connectivity index (χ0) is 10.1. The van der Waals surface area contributed by atoms with Crippen molar-refractivity contribution in [1.82, 2.24) is 5.32 Å². The molecule has 0 aliphatic carbocycles. The number of rotatable bonds is 6. The molecule has 3 nitrogen and oxygen atoms in total. The molecular formula is C9H15FN2O. The first kappa shape index (κ1) is 11.8. The van der Waals surface area contributed by atoms with E-state index >= 15 is 0 Å². The van der Waals surface area contributed by atoms with E-state index in [9.17, 15) is 9.18 Å². The zero-order valence-electron chi connectivity index (χ0n) is 7.96. The van der Waals surface area contributed by atoms with Gasteiger partial charge in [-0.25, -0.2) is 4.39 Å². The Morgan fingerprint density at radius 1 is 1.69 bits per heavy atom. The number of nitrogens with zero attached hydrogens (tertiary/aromatic N) is 1. The number of carbonyl (C=O) groups excluding carboxylic acids is 1. The van der Waals surface area contributed by atoms with Crippen LogP contribution in [-0.4, -0.2) is 26.0 Å². The first-order valence-corrected chi connectivity index (χ1v) is 4.19. The van der Waals surface area contributed by atoms with Crippen LogP contribution in [0.3, 0.4) is 0 Å². The topological polar surface area (TPSA) is 41.5 Å². The minimum absolute atomic E-state index is 0.188. The number of hydrogen-bond donors (Lipinski definition) is 1. The van der Waals surface area contributed by atoms with Gasteiger partial charge in [-0.15, -0.1) is 0 Å². The largest absolute Gasteiger partial charge is 0.347 e. The van der Waals surface area contributed by atoms with Crippen molar-refractivity contribution in [3.8, 4) is 0 Å². The molecule has 0 fully saturated rings. The van der Waals surface area contributed by atoms with Crippen LogP contribution in [0.25, 0.3) is 0 Å². The van der Waals surface area contributed by atoms with E-state index in [0.717, 1.165) is 6.29 Å². The van der Waals surface area contributed by atoms with E-state index in [1.54, 1.807) is 13.1 Å². The van der Waals surface area contributed by atoms with Crippen molar-refractivity contribution in [1.29, 1.82) is 0 Å². The summed E-state index contributed by atoms with van der Waals surface area (Å²) < 4.78 is 12.9. The molecule has 0 saturated heterocycles. The highest BCUT2D eigenvalue weighted by Gasteiger charge is 2.00. The van der Waals surface area contributed by atoms with Crippen LogP contribution in [0, 0.1) is 0 Å². The monoisotopic (exact) mass is 186 g/mol. The highest BCUT2D eigenvalue weighted by atomic mass is 19.1. The van der Waals surface area contributed by atoms with Crippen molar-refractivity contribution < 1.29 is 9.18 Å². The Bertz CT molecular complexity index is 202. The van der Waals surface area contributed by atoms with Crippen LogP contribution in [0.15, 0.2) is 16.6 Å². The Labute approximate surface area is 77.7 Å². The Morgan fingerprint density at radius 2 is 2.38 bits per heavy atom. The van der Waals surface area contributed by atoms with Crippen LogP contribution in [0.1, 0.15) is 19.8 Å². The summed E-state index contributed by atoms with van der Waals surface area (Å²) in [6, 6.07) is 0. The average molecular weight is 186 g/mol. The van der Waals surface area contributed by atoms with Gasteiger partial charge in [0.25, 0.3) is 0 Å².